The van der Waals surface area contributed by atoms with E-state index >= 15 is 0 Å². The number of ether oxygens (including phenoxy) is 2. The summed E-state index contributed by atoms with van der Waals surface area (Å²) < 4.78 is 11.2. The Labute approximate surface area is 129 Å². The monoisotopic (exact) mass is 291 g/mol. The molecule has 118 valence electrons. The predicted octanol–water partition coefficient (Wildman–Crippen LogP) is 4.04. The molecule has 0 bridgehead atoms. The van der Waals surface area contributed by atoms with Gasteiger partial charge in [-0.1, -0.05) is 18.9 Å². The van der Waals surface area contributed by atoms with E-state index in [0.29, 0.717) is 0 Å². The van der Waals surface area contributed by atoms with Crippen LogP contribution in [-0.2, 0) is 0 Å². The van der Waals surface area contributed by atoms with E-state index in [4.69, 9.17) is 9.47 Å². The average molecular weight is 291 g/mol. The van der Waals surface area contributed by atoms with Gasteiger partial charge in [-0.05, 0) is 69.9 Å². The van der Waals surface area contributed by atoms with Gasteiger partial charge in [-0.25, -0.2) is 0 Å². The van der Waals surface area contributed by atoms with Crippen molar-refractivity contribution in [2.24, 2.45) is 0 Å². The summed E-state index contributed by atoms with van der Waals surface area (Å²) in [5, 5.41) is 0. The molecule has 3 nitrogen and oxygen atoms in total. The van der Waals surface area contributed by atoms with Gasteiger partial charge in [0.05, 0.1) is 13.7 Å². The second kappa shape index (κ2) is 8.93. The second-order valence-electron chi connectivity index (χ2n) is 5.97. The van der Waals surface area contributed by atoms with Crippen molar-refractivity contribution in [2.45, 2.75) is 45.4 Å². The van der Waals surface area contributed by atoms with Crippen molar-refractivity contribution < 1.29 is 9.47 Å². The van der Waals surface area contributed by atoms with Crippen LogP contribution in [0.1, 0.15) is 44.1 Å². The highest BCUT2D eigenvalue weighted by molar-refractivity contribution is 5.42. The summed E-state index contributed by atoms with van der Waals surface area (Å²) in [6, 6.07) is 6.09. The first kappa shape index (κ1) is 16.2. The number of nitrogens with zero attached hydrogens (tertiary/aromatic N) is 1. The number of unbranched alkanes of at least 4 members (excludes halogenated alkanes) is 1. The van der Waals surface area contributed by atoms with E-state index in [2.05, 4.69) is 17.9 Å². The van der Waals surface area contributed by atoms with Crippen LogP contribution in [0.5, 0.6) is 11.5 Å². The van der Waals surface area contributed by atoms with Crippen molar-refractivity contribution in [3.05, 3.63) is 23.8 Å². The third-order valence-electron chi connectivity index (χ3n) is 4.14. The molecule has 3 heteroatoms. The molecule has 0 spiro atoms. The molecule has 0 aromatic heterocycles. The van der Waals surface area contributed by atoms with Gasteiger partial charge in [0.2, 0.25) is 0 Å². The van der Waals surface area contributed by atoms with Crippen LogP contribution >= 0.6 is 0 Å². The Kier molecular flexibility index (Phi) is 6.87. The van der Waals surface area contributed by atoms with Crippen molar-refractivity contribution >= 4 is 0 Å². The third kappa shape index (κ3) is 5.58. The van der Waals surface area contributed by atoms with E-state index in [-0.39, 0.29) is 0 Å². The fraction of sp³-hybridized carbons (Fsp3) is 0.667. The van der Waals surface area contributed by atoms with Crippen LogP contribution in [0.15, 0.2) is 18.2 Å². The van der Waals surface area contributed by atoms with Gasteiger partial charge in [-0.3, -0.25) is 0 Å². The molecule has 21 heavy (non-hydrogen) atoms. The molecule has 0 atom stereocenters. The molecule has 1 heterocycles. The van der Waals surface area contributed by atoms with E-state index in [1.807, 2.05) is 12.1 Å². The van der Waals surface area contributed by atoms with E-state index in [0.717, 1.165) is 24.5 Å². The highest BCUT2D eigenvalue weighted by Gasteiger charge is 2.08. The molecular formula is C18H29NO2. The maximum atomic E-state index is 5.85. The number of hydrogen-bond donors (Lipinski definition) is 0. The smallest absolute Gasteiger partial charge is 0.161 e. The normalized spacial score (nSPS) is 16.5. The van der Waals surface area contributed by atoms with Crippen molar-refractivity contribution in [2.75, 3.05) is 33.4 Å². The molecule has 1 aliphatic heterocycles. The fourth-order valence-corrected chi connectivity index (χ4v) is 2.87. The molecule has 0 N–H and O–H groups in total. The summed E-state index contributed by atoms with van der Waals surface area (Å²) in [4.78, 5) is 2.61. The summed E-state index contributed by atoms with van der Waals surface area (Å²) in [5.41, 5.74) is 1.19. The lowest BCUT2D eigenvalue weighted by Gasteiger charge is -2.19. The number of methoxy groups -OCH3 is 1. The number of hydrogen-bond acceptors (Lipinski definition) is 3. The van der Waals surface area contributed by atoms with E-state index in [9.17, 15) is 0 Å². The minimum atomic E-state index is 0.771. The molecule has 2 rings (SSSR count). The van der Waals surface area contributed by atoms with Crippen LogP contribution in [0.3, 0.4) is 0 Å². The van der Waals surface area contributed by atoms with Crippen LogP contribution in [0.2, 0.25) is 0 Å². The lowest BCUT2D eigenvalue weighted by Crippen LogP contribution is -2.25. The van der Waals surface area contributed by atoms with Gasteiger partial charge in [-0.15, -0.1) is 0 Å². The van der Waals surface area contributed by atoms with Crippen molar-refractivity contribution in [3.63, 3.8) is 0 Å². The number of benzene rings is 1. The summed E-state index contributed by atoms with van der Waals surface area (Å²) in [6.45, 7) is 6.62. The molecule has 1 aromatic carbocycles. The number of aryl methyl sites for hydroxylation is 1. The second-order valence-corrected chi connectivity index (χ2v) is 5.97. The van der Waals surface area contributed by atoms with E-state index in [1.54, 1.807) is 7.11 Å². The van der Waals surface area contributed by atoms with Gasteiger partial charge < -0.3 is 14.4 Å². The van der Waals surface area contributed by atoms with Crippen molar-refractivity contribution in [1.29, 1.82) is 0 Å². The lowest BCUT2D eigenvalue weighted by atomic mass is 10.2. The molecule has 1 saturated heterocycles. The number of rotatable bonds is 7. The first-order chi connectivity index (χ1) is 10.3. The summed E-state index contributed by atoms with van der Waals surface area (Å²) in [7, 11) is 1.70. The molecule has 1 fully saturated rings. The minimum Gasteiger partial charge on any atom is -0.493 e. The predicted molar refractivity (Wildman–Crippen MR) is 87.4 cm³/mol. The molecule has 0 saturated carbocycles. The quantitative estimate of drug-likeness (QED) is 0.708. The van der Waals surface area contributed by atoms with Gasteiger partial charge in [-0.2, -0.15) is 0 Å². The maximum Gasteiger partial charge on any atom is 0.161 e. The molecule has 0 radical (unpaired) electrons. The topological polar surface area (TPSA) is 21.7 Å². The van der Waals surface area contributed by atoms with Gasteiger partial charge in [0.15, 0.2) is 11.5 Å². The highest BCUT2D eigenvalue weighted by Crippen LogP contribution is 2.27. The summed E-state index contributed by atoms with van der Waals surface area (Å²) >= 11 is 0. The summed E-state index contributed by atoms with van der Waals surface area (Å²) in [5.74, 6) is 1.69. The first-order valence-corrected chi connectivity index (χ1v) is 8.29. The van der Waals surface area contributed by atoms with Gasteiger partial charge >= 0.3 is 0 Å². The molecule has 0 amide bonds. The lowest BCUT2D eigenvalue weighted by molar-refractivity contribution is 0.251. The van der Waals surface area contributed by atoms with Gasteiger partial charge in [0.25, 0.3) is 0 Å². The van der Waals surface area contributed by atoms with E-state index in [1.165, 1.54) is 57.3 Å². The summed E-state index contributed by atoms with van der Waals surface area (Å²) in [6.07, 6.45) is 7.88. The van der Waals surface area contributed by atoms with Crippen molar-refractivity contribution in [3.8, 4) is 11.5 Å². The van der Waals surface area contributed by atoms with Crippen LogP contribution in [0, 0.1) is 6.92 Å². The zero-order valence-corrected chi connectivity index (χ0v) is 13.6. The average Bonchev–Trinajstić information content (AvgIpc) is 2.77. The number of likely N-dealkylation sites (tertiary alicyclic amines) is 1. The molecule has 0 aliphatic carbocycles. The Balaban J connectivity index is 1.65. The van der Waals surface area contributed by atoms with Crippen LogP contribution in [-0.4, -0.2) is 38.3 Å². The maximum absolute atomic E-state index is 5.85. The minimum absolute atomic E-state index is 0.771. The zero-order chi connectivity index (χ0) is 14.9. The highest BCUT2D eigenvalue weighted by atomic mass is 16.5. The van der Waals surface area contributed by atoms with Crippen LogP contribution in [0.25, 0.3) is 0 Å². The third-order valence-corrected chi connectivity index (χ3v) is 4.14. The Morgan fingerprint density at radius 3 is 2.48 bits per heavy atom. The van der Waals surface area contributed by atoms with Crippen LogP contribution < -0.4 is 9.47 Å². The molecule has 1 aliphatic rings. The molecular weight excluding hydrogens is 262 g/mol. The van der Waals surface area contributed by atoms with E-state index < -0.39 is 0 Å². The van der Waals surface area contributed by atoms with Gasteiger partial charge in [0.1, 0.15) is 0 Å². The SMILES string of the molecule is COc1cc(C)ccc1OCCCCN1CCCCCC1. The molecule has 1 aromatic rings. The Hall–Kier alpha value is -1.22. The van der Waals surface area contributed by atoms with Crippen molar-refractivity contribution in [1.82, 2.24) is 4.90 Å². The Bertz CT molecular complexity index is 412. The Morgan fingerprint density at radius 1 is 1.00 bits per heavy atom. The standard InChI is InChI=1S/C18H29NO2/c1-16-9-10-17(18(15-16)20-2)21-14-8-7-13-19-11-5-3-4-6-12-19/h9-10,15H,3-8,11-14H2,1-2H3. The zero-order valence-electron chi connectivity index (χ0n) is 13.6. The fourth-order valence-electron chi connectivity index (χ4n) is 2.87. The largest absolute Gasteiger partial charge is 0.493 e. The Morgan fingerprint density at radius 2 is 1.76 bits per heavy atom. The first-order valence-electron chi connectivity index (χ1n) is 8.29. The molecule has 0 unspecified atom stereocenters. The van der Waals surface area contributed by atoms with Gasteiger partial charge in [0, 0.05) is 0 Å². The van der Waals surface area contributed by atoms with Crippen LogP contribution in [0.4, 0.5) is 0 Å².